The van der Waals surface area contributed by atoms with Crippen molar-refractivity contribution in [3.8, 4) is 0 Å². The largest absolute Gasteiger partial charge is 0.469 e. The molecule has 3 atom stereocenters. The molecule has 2 heterocycles. The Labute approximate surface area is 88.9 Å². The lowest BCUT2D eigenvalue weighted by molar-refractivity contribution is -0.205. The van der Waals surface area contributed by atoms with Crippen molar-refractivity contribution in [2.75, 3.05) is 20.3 Å². The summed E-state index contributed by atoms with van der Waals surface area (Å²) in [5.41, 5.74) is -0.821. The summed E-state index contributed by atoms with van der Waals surface area (Å²) < 4.78 is 4.78. The van der Waals surface area contributed by atoms with Crippen molar-refractivity contribution in [3.63, 3.8) is 0 Å². The highest BCUT2D eigenvalue weighted by Crippen LogP contribution is 2.42. The lowest BCUT2D eigenvalue weighted by atomic mass is 9.84. The minimum atomic E-state index is -0.821. The minimum Gasteiger partial charge on any atom is -0.469 e. The van der Waals surface area contributed by atoms with Crippen LogP contribution < -0.4 is 0 Å². The van der Waals surface area contributed by atoms with Crippen LogP contribution in [0.2, 0.25) is 0 Å². The highest BCUT2D eigenvalue weighted by molar-refractivity contribution is 5.75. The van der Waals surface area contributed by atoms with E-state index < -0.39 is 5.60 Å². The average molecular weight is 215 g/mol. The van der Waals surface area contributed by atoms with Crippen molar-refractivity contribution in [1.29, 1.82) is 0 Å². The molecular weight excluding hydrogens is 198 g/mol. The molecule has 2 saturated heterocycles. The molecule has 2 aliphatic heterocycles. The van der Waals surface area contributed by atoms with Gasteiger partial charge in [0.15, 0.2) is 0 Å². The molecular formula is C10H17NO4. The van der Waals surface area contributed by atoms with Gasteiger partial charge in [-0.25, -0.2) is 0 Å². The van der Waals surface area contributed by atoms with E-state index >= 15 is 0 Å². The van der Waals surface area contributed by atoms with Crippen LogP contribution in [-0.2, 0) is 14.4 Å². The highest BCUT2D eigenvalue weighted by Gasteiger charge is 2.56. The van der Waals surface area contributed by atoms with Gasteiger partial charge in [0.1, 0.15) is 11.5 Å². The lowest BCUT2D eigenvalue weighted by Crippen LogP contribution is -2.44. The van der Waals surface area contributed by atoms with Crippen LogP contribution >= 0.6 is 0 Å². The maximum Gasteiger partial charge on any atom is 0.313 e. The quantitative estimate of drug-likeness (QED) is 0.654. The molecule has 5 heteroatoms. The summed E-state index contributed by atoms with van der Waals surface area (Å²) >= 11 is 0. The van der Waals surface area contributed by atoms with Gasteiger partial charge in [0.25, 0.3) is 0 Å². The summed E-state index contributed by atoms with van der Waals surface area (Å²) in [5, 5.41) is 11.2. The molecule has 0 saturated carbocycles. The van der Waals surface area contributed by atoms with Gasteiger partial charge < -0.3 is 9.84 Å². The summed E-state index contributed by atoms with van der Waals surface area (Å²) in [5.74, 6) is -0.670. The van der Waals surface area contributed by atoms with Crippen molar-refractivity contribution < 1.29 is 19.5 Å². The Morgan fingerprint density at radius 1 is 1.73 bits per heavy atom. The third-order valence-electron chi connectivity index (χ3n) is 3.39. The molecule has 0 amide bonds. The molecule has 2 fully saturated rings. The van der Waals surface area contributed by atoms with Gasteiger partial charge in [-0.1, -0.05) is 0 Å². The fraction of sp³-hybridized carbons (Fsp3) is 0.900. The van der Waals surface area contributed by atoms with E-state index in [2.05, 4.69) is 0 Å². The molecule has 2 rings (SSSR count). The number of methoxy groups -OCH3 is 1. The smallest absolute Gasteiger partial charge is 0.313 e. The molecule has 86 valence electrons. The van der Waals surface area contributed by atoms with Crippen LogP contribution in [0, 0.1) is 5.92 Å². The molecule has 0 unspecified atom stereocenters. The van der Waals surface area contributed by atoms with E-state index in [1.807, 2.05) is 5.06 Å². The van der Waals surface area contributed by atoms with Crippen molar-refractivity contribution >= 4 is 5.97 Å². The van der Waals surface area contributed by atoms with Crippen LogP contribution in [-0.4, -0.2) is 48.0 Å². The normalized spacial score (nSPS) is 40.5. The Balaban J connectivity index is 2.24. The summed E-state index contributed by atoms with van der Waals surface area (Å²) in [6.07, 6.45) is 1.95. The first kappa shape index (κ1) is 10.9. The SMILES string of the molecule is COC(=O)[C@H]1[C@@H]2CCCN2O[C@@]1(C)CO. The van der Waals surface area contributed by atoms with Gasteiger partial charge in [-0.3, -0.25) is 9.63 Å². The zero-order valence-corrected chi connectivity index (χ0v) is 9.10. The molecule has 0 aromatic rings. The van der Waals surface area contributed by atoms with E-state index in [1.54, 1.807) is 6.92 Å². The van der Waals surface area contributed by atoms with Crippen LogP contribution in [0.1, 0.15) is 19.8 Å². The first-order valence-corrected chi connectivity index (χ1v) is 5.27. The number of fused-ring (bicyclic) bond motifs is 1. The van der Waals surface area contributed by atoms with E-state index in [4.69, 9.17) is 9.57 Å². The van der Waals surface area contributed by atoms with E-state index in [9.17, 15) is 9.90 Å². The molecule has 1 N–H and O–H groups in total. The first-order valence-electron chi connectivity index (χ1n) is 5.27. The molecule has 0 bridgehead atoms. The zero-order valence-electron chi connectivity index (χ0n) is 9.10. The summed E-state index contributed by atoms with van der Waals surface area (Å²) in [6.45, 7) is 2.42. The maximum absolute atomic E-state index is 11.7. The standard InChI is InChI=1S/C10H17NO4/c1-10(6-12)8(9(13)14-2)7-4-3-5-11(7)15-10/h7-8,12H,3-6H2,1-2H3/t7-,8+,10-/m0/s1. The molecule has 2 aliphatic rings. The number of carbonyl (C=O) groups excluding carboxylic acids is 1. The van der Waals surface area contributed by atoms with E-state index in [-0.39, 0.29) is 24.5 Å². The molecule has 15 heavy (non-hydrogen) atoms. The molecule has 0 aliphatic carbocycles. The number of carbonyl (C=O) groups is 1. The second-order valence-corrected chi connectivity index (χ2v) is 4.41. The highest BCUT2D eigenvalue weighted by atomic mass is 16.7. The monoisotopic (exact) mass is 215 g/mol. The number of aliphatic hydroxyl groups excluding tert-OH is 1. The Kier molecular flexibility index (Phi) is 2.70. The molecule has 5 nitrogen and oxygen atoms in total. The van der Waals surface area contributed by atoms with E-state index in [0.717, 1.165) is 19.4 Å². The van der Waals surface area contributed by atoms with Crippen LogP contribution in [0.25, 0.3) is 0 Å². The summed E-state index contributed by atoms with van der Waals surface area (Å²) in [4.78, 5) is 17.3. The number of ether oxygens (including phenoxy) is 1. The number of aliphatic hydroxyl groups is 1. The minimum absolute atomic E-state index is 0.0644. The van der Waals surface area contributed by atoms with E-state index in [1.165, 1.54) is 7.11 Å². The van der Waals surface area contributed by atoms with Crippen molar-refractivity contribution in [3.05, 3.63) is 0 Å². The number of hydrogen-bond acceptors (Lipinski definition) is 5. The van der Waals surface area contributed by atoms with Crippen LogP contribution in [0.5, 0.6) is 0 Å². The van der Waals surface area contributed by atoms with Gasteiger partial charge in [0.05, 0.1) is 19.8 Å². The second kappa shape index (κ2) is 3.73. The van der Waals surface area contributed by atoms with Gasteiger partial charge in [-0.15, -0.1) is 0 Å². The van der Waals surface area contributed by atoms with Crippen LogP contribution in [0.15, 0.2) is 0 Å². The Morgan fingerprint density at radius 2 is 2.47 bits per heavy atom. The number of nitrogens with zero attached hydrogens (tertiary/aromatic N) is 1. The third kappa shape index (κ3) is 1.55. The van der Waals surface area contributed by atoms with E-state index in [0.29, 0.717) is 0 Å². The van der Waals surface area contributed by atoms with Crippen molar-refractivity contribution in [2.45, 2.75) is 31.4 Å². The summed E-state index contributed by atoms with van der Waals surface area (Å²) in [7, 11) is 1.37. The van der Waals surface area contributed by atoms with Gasteiger partial charge in [-0.05, 0) is 19.8 Å². The molecule has 0 aromatic carbocycles. The van der Waals surface area contributed by atoms with Gasteiger partial charge >= 0.3 is 5.97 Å². The number of esters is 1. The average Bonchev–Trinajstić information content (AvgIpc) is 2.75. The Morgan fingerprint density at radius 3 is 3.07 bits per heavy atom. The third-order valence-corrected chi connectivity index (χ3v) is 3.39. The van der Waals surface area contributed by atoms with Crippen molar-refractivity contribution in [1.82, 2.24) is 5.06 Å². The number of hydroxylamine groups is 2. The number of rotatable bonds is 2. The lowest BCUT2D eigenvalue weighted by Gasteiger charge is -2.26. The topological polar surface area (TPSA) is 59.0 Å². The molecule has 0 spiro atoms. The second-order valence-electron chi connectivity index (χ2n) is 4.41. The first-order chi connectivity index (χ1) is 7.12. The zero-order chi connectivity index (χ0) is 11.1. The van der Waals surface area contributed by atoms with Gasteiger partial charge in [-0.2, -0.15) is 5.06 Å². The predicted octanol–water partition coefficient (Wildman–Crippen LogP) is -0.0638. The fourth-order valence-corrected chi connectivity index (χ4v) is 2.60. The molecule has 0 radical (unpaired) electrons. The van der Waals surface area contributed by atoms with Crippen LogP contribution in [0.4, 0.5) is 0 Å². The summed E-state index contributed by atoms with van der Waals surface area (Å²) in [6, 6.07) is 0.0644. The molecule has 0 aromatic heterocycles. The number of hydrogen-bond donors (Lipinski definition) is 1. The predicted molar refractivity (Wildman–Crippen MR) is 51.8 cm³/mol. The van der Waals surface area contributed by atoms with Gasteiger partial charge in [0, 0.05) is 6.54 Å². The van der Waals surface area contributed by atoms with Crippen LogP contribution in [0.3, 0.4) is 0 Å². The fourth-order valence-electron chi connectivity index (χ4n) is 2.60. The Hall–Kier alpha value is -0.650. The van der Waals surface area contributed by atoms with Crippen molar-refractivity contribution in [2.24, 2.45) is 5.92 Å². The van der Waals surface area contributed by atoms with Gasteiger partial charge in [0.2, 0.25) is 0 Å². The Bertz CT molecular complexity index is 270. The maximum atomic E-state index is 11.7.